The summed E-state index contributed by atoms with van der Waals surface area (Å²) in [6.07, 6.45) is 2.38. The lowest BCUT2D eigenvalue weighted by Gasteiger charge is -2.42. The van der Waals surface area contributed by atoms with E-state index in [9.17, 15) is 9.59 Å². The van der Waals surface area contributed by atoms with Gasteiger partial charge in [0.25, 0.3) is 11.8 Å². The Morgan fingerprint density at radius 1 is 1.07 bits per heavy atom. The van der Waals surface area contributed by atoms with E-state index in [4.69, 9.17) is 4.74 Å². The van der Waals surface area contributed by atoms with Crippen LogP contribution in [0, 0.1) is 6.92 Å². The molecular weight excluding hydrogens is 354 g/mol. The highest BCUT2D eigenvalue weighted by Gasteiger charge is 2.42. The number of morpholine rings is 1. The van der Waals surface area contributed by atoms with Crippen molar-refractivity contribution in [2.45, 2.75) is 31.8 Å². The van der Waals surface area contributed by atoms with Crippen LogP contribution in [-0.4, -0.2) is 53.5 Å². The molecule has 6 nitrogen and oxygen atoms in total. The van der Waals surface area contributed by atoms with Crippen LogP contribution in [0.15, 0.2) is 48.5 Å². The van der Waals surface area contributed by atoms with Crippen molar-refractivity contribution in [2.24, 2.45) is 0 Å². The van der Waals surface area contributed by atoms with Crippen LogP contribution in [0.3, 0.4) is 0 Å². The highest BCUT2D eigenvalue weighted by atomic mass is 16.5. The fraction of sp³-hybridized carbons (Fsp3) is 0.409. The first-order valence-electron chi connectivity index (χ1n) is 9.79. The number of benzene rings is 1. The van der Waals surface area contributed by atoms with E-state index in [1.54, 1.807) is 6.07 Å². The van der Waals surface area contributed by atoms with Crippen molar-refractivity contribution in [2.75, 3.05) is 31.1 Å². The van der Waals surface area contributed by atoms with Crippen LogP contribution in [-0.2, 0) is 9.53 Å². The summed E-state index contributed by atoms with van der Waals surface area (Å²) in [5, 5.41) is 0. The number of likely N-dealkylation sites (tertiary alicyclic amines) is 1. The molecule has 2 saturated heterocycles. The zero-order valence-corrected chi connectivity index (χ0v) is 16.1. The van der Waals surface area contributed by atoms with Crippen LogP contribution in [0.1, 0.15) is 35.4 Å². The minimum Gasteiger partial charge on any atom is -0.363 e. The molecule has 1 spiro atoms. The predicted octanol–water partition coefficient (Wildman–Crippen LogP) is 2.82. The number of para-hydroxylation sites is 1. The molecule has 2 aliphatic rings. The van der Waals surface area contributed by atoms with Gasteiger partial charge in [0.15, 0.2) is 0 Å². The van der Waals surface area contributed by atoms with E-state index >= 15 is 0 Å². The Bertz CT molecular complexity index is 870. The van der Waals surface area contributed by atoms with Crippen molar-refractivity contribution in [3.05, 3.63) is 59.9 Å². The summed E-state index contributed by atoms with van der Waals surface area (Å²) >= 11 is 0. The number of pyridine rings is 1. The molecule has 1 aromatic carbocycles. The second kappa shape index (κ2) is 7.72. The van der Waals surface area contributed by atoms with Crippen molar-refractivity contribution in [3.8, 4) is 0 Å². The standard InChI is InChI=1S/C22H25N3O3/c1-17-7-5-10-19(23-17)21(27)24-13-6-11-22(12-14-24)16-25(20(26)15-28-22)18-8-3-2-4-9-18/h2-5,7-10H,6,11-16H2,1H3. The quantitative estimate of drug-likeness (QED) is 0.805. The molecular formula is C22H25N3O3. The van der Waals surface area contributed by atoms with Crippen LogP contribution in [0.5, 0.6) is 0 Å². The number of hydrogen-bond acceptors (Lipinski definition) is 4. The first kappa shape index (κ1) is 18.6. The fourth-order valence-corrected chi connectivity index (χ4v) is 4.06. The minimum absolute atomic E-state index is 0.0158. The molecule has 2 amide bonds. The molecule has 2 aromatic rings. The Kier molecular flexibility index (Phi) is 5.13. The van der Waals surface area contributed by atoms with Crippen molar-refractivity contribution in [1.29, 1.82) is 0 Å². The monoisotopic (exact) mass is 379 g/mol. The highest BCUT2D eigenvalue weighted by Crippen LogP contribution is 2.33. The maximum atomic E-state index is 12.9. The average Bonchev–Trinajstić information content (AvgIpc) is 2.93. The number of nitrogens with zero attached hydrogens (tertiary/aromatic N) is 3. The molecule has 2 aliphatic heterocycles. The maximum absolute atomic E-state index is 12.9. The smallest absolute Gasteiger partial charge is 0.272 e. The largest absolute Gasteiger partial charge is 0.363 e. The molecule has 1 atom stereocenters. The number of carbonyl (C=O) groups excluding carboxylic acids is 2. The number of amides is 2. The first-order valence-corrected chi connectivity index (χ1v) is 9.79. The zero-order chi connectivity index (χ0) is 19.6. The van der Waals surface area contributed by atoms with Gasteiger partial charge in [-0.1, -0.05) is 24.3 Å². The van der Waals surface area contributed by atoms with Gasteiger partial charge >= 0.3 is 0 Å². The SMILES string of the molecule is Cc1cccc(C(=O)N2CCCC3(CC2)CN(c2ccccc2)C(=O)CO3)n1. The van der Waals surface area contributed by atoms with Gasteiger partial charge < -0.3 is 14.5 Å². The van der Waals surface area contributed by atoms with E-state index in [2.05, 4.69) is 4.98 Å². The summed E-state index contributed by atoms with van der Waals surface area (Å²) in [4.78, 5) is 33.4. The molecule has 0 N–H and O–H groups in total. The van der Waals surface area contributed by atoms with Crippen LogP contribution in [0.4, 0.5) is 5.69 Å². The molecule has 4 rings (SSSR count). The first-order chi connectivity index (χ1) is 13.6. The average molecular weight is 379 g/mol. The van der Waals surface area contributed by atoms with Crippen LogP contribution in [0.2, 0.25) is 0 Å². The summed E-state index contributed by atoms with van der Waals surface area (Å²) in [5.74, 6) is -0.0504. The van der Waals surface area contributed by atoms with Crippen molar-refractivity contribution in [3.63, 3.8) is 0 Å². The lowest BCUT2D eigenvalue weighted by atomic mass is 9.92. The number of anilines is 1. The van der Waals surface area contributed by atoms with Crippen molar-refractivity contribution in [1.82, 2.24) is 9.88 Å². The minimum atomic E-state index is -0.404. The van der Waals surface area contributed by atoms with E-state index in [0.717, 1.165) is 24.2 Å². The lowest BCUT2D eigenvalue weighted by molar-refractivity contribution is -0.140. The van der Waals surface area contributed by atoms with Crippen molar-refractivity contribution < 1.29 is 14.3 Å². The van der Waals surface area contributed by atoms with Gasteiger partial charge in [0.05, 0.1) is 12.1 Å². The maximum Gasteiger partial charge on any atom is 0.272 e. The van der Waals surface area contributed by atoms with Crippen LogP contribution in [0.25, 0.3) is 0 Å². The lowest BCUT2D eigenvalue weighted by Crippen LogP contribution is -2.55. The van der Waals surface area contributed by atoms with Gasteiger partial charge in [0, 0.05) is 24.5 Å². The molecule has 28 heavy (non-hydrogen) atoms. The number of rotatable bonds is 2. The number of ether oxygens (including phenoxy) is 1. The topological polar surface area (TPSA) is 62.7 Å². The van der Waals surface area contributed by atoms with Gasteiger partial charge in [0.1, 0.15) is 12.3 Å². The number of aromatic nitrogens is 1. The summed E-state index contributed by atoms with van der Waals surface area (Å²) < 4.78 is 6.06. The fourth-order valence-electron chi connectivity index (χ4n) is 4.06. The van der Waals surface area contributed by atoms with E-state index in [0.29, 0.717) is 31.7 Å². The van der Waals surface area contributed by atoms with Gasteiger partial charge in [0.2, 0.25) is 0 Å². The molecule has 0 aliphatic carbocycles. The Morgan fingerprint density at radius 2 is 1.89 bits per heavy atom. The highest BCUT2D eigenvalue weighted by molar-refractivity contribution is 5.95. The third-order valence-electron chi connectivity index (χ3n) is 5.61. The van der Waals surface area contributed by atoms with Crippen molar-refractivity contribution >= 4 is 17.5 Å². The Balaban J connectivity index is 1.48. The third kappa shape index (κ3) is 3.78. The van der Waals surface area contributed by atoms with Gasteiger partial charge in [-0.25, -0.2) is 4.98 Å². The van der Waals surface area contributed by atoms with Gasteiger partial charge in [-0.3, -0.25) is 9.59 Å². The van der Waals surface area contributed by atoms with Crippen LogP contribution < -0.4 is 4.90 Å². The van der Waals surface area contributed by atoms with E-state index in [1.165, 1.54) is 0 Å². The van der Waals surface area contributed by atoms with Gasteiger partial charge in [-0.2, -0.15) is 0 Å². The molecule has 1 aromatic heterocycles. The van der Waals surface area contributed by atoms with E-state index in [-0.39, 0.29) is 18.4 Å². The third-order valence-corrected chi connectivity index (χ3v) is 5.61. The summed E-state index contributed by atoms with van der Waals surface area (Å²) in [5.41, 5.74) is 1.82. The van der Waals surface area contributed by atoms with E-state index in [1.807, 2.05) is 59.2 Å². The molecule has 0 bridgehead atoms. The molecule has 146 valence electrons. The number of aryl methyl sites for hydroxylation is 1. The second-order valence-corrected chi connectivity index (χ2v) is 7.60. The Morgan fingerprint density at radius 3 is 2.68 bits per heavy atom. The number of hydrogen-bond donors (Lipinski definition) is 0. The molecule has 1 unspecified atom stereocenters. The second-order valence-electron chi connectivity index (χ2n) is 7.60. The molecule has 3 heterocycles. The Labute approximate surface area is 165 Å². The zero-order valence-electron chi connectivity index (χ0n) is 16.1. The molecule has 0 radical (unpaired) electrons. The normalized spacial score (nSPS) is 23.0. The van der Waals surface area contributed by atoms with Gasteiger partial charge in [-0.05, 0) is 50.5 Å². The summed E-state index contributed by atoms with van der Waals surface area (Å²) in [6.45, 7) is 3.78. The summed E-state index contributed by atoms with van der Waals surface area (Å²) in [6, 6.07) is 15.2. The predicted molar refractivity (Wildman–Crippen MR) is 106 cm³/mol. The summed E-state index contributed by atoms with van der Waals surface area (Å²) in [7, 11) is 0. The Hall–Kier alpha value is -2.73. The van der Waals surface area contributed by atoms with Gasteiger partial charge in [-0.15, -0.1) is 0 Å². The molecule has 6 heteroatoms. The molecule has 0 saturated carbocycles. The number of carbonyl (C=O) groups is 2. The molecule has 2 fully saturated rings. The van der Waals surface area contributed by atoms with E-state index < -0.39 is 5.60 Å². The van der Waals surface area contributed by atoms with Crippen LogP contribution >= 0.6 is 0 Å².